The van der Waals surface area contributed by atoms with Crippen molar-refractivity contribution in [1.82, 2.24) is 0 Å². The first kappa shape index (κ1) is 21.2. The minimum absolute atomic E-state index is 0.0699. The zero-order valence-corrected chi connectivity index (χ0v) is 17.4. The molecule has 2 fully saturated rings. The monoisotopic (exact) mass is 418 g/mol. The van der Waals surface area contributed by atoms with E-state index in [1.807, 2.05) is 0 Å². The van der Waals surface area contributed by atoms with E-state index in [0.717, 1.165) is 37.7 Å². The Labute approximate surface area is 175 Å². The Morgan fingerprint density at radius 2 is 1.73 bits per heavy atom. The Bertz CT molecular complexity index is 955. The van der Waals surface area contributed by atoms with Crippen LogP contribution in [-0.2, 0) is 0 Å². The SMILES string of the molecule is CCCCC1CCC2CC(c3cc4ccc(C(=O)O)c(F)c4c(F)c3F)CCC2C1. The average Bonchev–Trinajstić information content (AvgIpc) is 2.74. The van der Waals surface area contributed by atoms with Crippen LogP contribution in [0.3, 0.4) is 0 Å². The highest BCUT2D eigenvalue weighted by molar-refractivity contribution is 5.95. The lowest BCUT2D eigenvalue weighted by atomic mass is 9.63. The molecule has 0 bridgehead atoms. The van der Waals surface area contributed by atoms with Gasteiger partial charge in [0.1, 0.15) is 5.82 Å². The van der Waals surface area contributed by atoms with Crippen molar-refractivity contribution < 1.29 is 23.1 Å². The highest BCUT2D eigenvalue weighted by Gasteiger charge is 2.37. The van der Waals surface area contributed by atoms with Crippen LogP contribution in [0, 0.1) is 35.2 Å². The van der Waals surface area contributed by atoms with Crippen molar-refractivity contribution in [2.45, 2.75) is 70.6 Å². The molecule has 0 amide bonds. The summed E-state index contributed by atoms with van der Waals surface area (Å²) in [5.41, 5.74) is -0.331. The van der Waals surface area contributed by atoms with Crippen LogP contribution in [0.15, 0.2) is 18.2 Å². The molecule has 4 atom stereocenters. The molecule has 0 heterocycles. The summed E-state index contributed by atoms with van der Waals surface area (Å²) in [5, 5.41) is 8.71. The van der Waals surface area contributed by atoms with E-state index in [0.29, 0.717) is 17.4 Å². The number of fused-ring (bicyclic) bond motifs is 2. The number of halogens is 3. The van der Waals surface area contributed by atoms with Crippen molar-refractivity contribution in [2.75, 3.05) is 0 Å². The predicted octanol–water partition coefficient (Wildman–Crippen LogP) is 7.45. The van der Waals surface area contributed by atoms with Gasteiger partial charge in [-0.1, -0.05) is 38.7 Å². The Morgan fingerprint density at radius 3 is 2.47 bits per heavy atom. The lowest BCUT2D eigenvalue weighted by molar-refractivity contribution is 0.0692. The maximum absolute atomic E-state index is 15.0. The molecule has 30 heavy (non-hydrogen) atoms. The number of hydrogen-bond acceptors (Lipinski definition) is 1. The maximum Gasteiger partial charge on any atom is 0.338 e. The highest BCUT2D eigenvalue weighted by atomic mass is 19.2. The quantitative estimate of drug-likeness (QED) is 0.548. The third-order valence-electron chi connectivity index (χ3n) is 7.51. The summed E-state index contributed by atoms with van der Waals surface area (Å²) in [6.07, 6.45) is 10.2. The Balaban J connectivity index is 1.58. The van der Waals surface area contributed by atoms with Gasteiger partial charge in [0.25, 0.3) is 0 Å². The Hall–Kier alpha value is -2.04. The van der Waals surface area contributed by atoms with Gasteiger partial charge >= 0.3 is 5.97 Å². The van der Waals surface area contributed by atoms with Crippen LogP contribution in [-0.4, -0.2) is 11.1 Å². The van der Waals surface area contributed by atoms with Crippen molar-refractivity contribution >= 4 is 16.7 Å². The molecule has 0 radical (unpaired) electrons. The van der Waals surface area contributed by atoms with Gasteiger partial charge in [-0.15, -0.1) is 0 Å². The molecule has 2 aromatic carbocycles. The van der Waals surface area contributed by atoms with E-state index in [2.05, 4.69) is 6.92 Å². The minimum Gasteiger partial charge on any atom is -0.478 e. The predicted molar refractivity (Wildman–Crippen MR) is 111 cm³/mol. The van der Waals surface area contributed by atoms with Gasteiger partial charge in [-0.25, -0.2) is 18.0 Å². The molecule has 2 nitrogen and oxygen atoms in total. The molecule has 162 valence electrons. The molecule has 2 aromatic rings. The minimum atomic E-state index is -1.49. The summed E-state index contributed by atoms with van der Waals surface area (Å²) in [4.78, 5) is 11.1. The number of unbranched alkanes of at least 4 members (excludes halogenated alkanes) is 1. The van der Waals surface area contributed by atoms with Crippen LogP contribution < -0.4 is 0 Å². The Morgan fingerprint density at radius 1 is 1.00 bits per heavy atom. The molecule has 2 aliphatic rings. The normalized spacial score (nSPS) is 26.5. The molecule has 0 aliphatic heterocycles. The lowest BCUT2D eigenvalue weighted by Gasteiger charge is -2.42. The van der Waals surface area contributed by atoms with Crippen molar-refractivity contribution in [3.05, 3.63) is 46.8 Å². The zero-order chi connectivity index (χ0) is 21.4. The first-order chi connectivity index (χ1) is 14.4. The summed E-state index contributed by atoms with van der Waals surface area (Å²) in [6.45, 7) is 2.22. The number of carboxylic acid groups (broad SMARTS) is 1. The van der Waals surface area contributed by atoms with E-state index >= 15 is 0 Å². The number of aromatic carboxylic acids is 1. The van der Waals surface area contributed by atoms with Crippen molar-refractivity contribution in [3.8, 4) is 0 Å². The van der Waals surface area contributed by atoms with Gasteiger partial charge in [-0.05, 0) is 78.9 Å². The van der Waals surface area contributed by atoms with Gasteiger partial charge in [0, 0.05) is 0 Å². The number of rotatable bonds is 5. The Kier molecular flexibility index (Phi) is 6.08. The third kappa shape index (κ3) is 3.83. The number of benzene rings is 2. The number of hydrogen-bond donors (Lipinski definition) is 1. The molecule has 2 aliphatic carbocycles. The largest absolute Gasteiger partial charge is 0.478 e. The van der Waals surface area contributed by atoms with E-state index in [9.17, 15) is 18.0 Å². The zero-order valence-electron chi connectivity index (χ0n) is 17.4. The molecule has 5 heteroatoms. The first-order valence-corrected chi connectivity index (χ1v) is 11.2. The summed E-state index contributed by atoms with van der Waals surface area (Å²) >= 11 is 0. The molecule has 1 N–H and O–H groups in total. The van der Waals surface area contributed by atoms with Gasteiger partial charge in [0.05, 0.1) is 10.9 Å². The van der Waals surface area contributed by atoms with Crippen LogP contribution in [0.1, 0.15) is 86.6 Å². The second-order valence-electron chi connectivity index (χ2n) is 9.28. The fraction of sp³-hybridized carbons (Fsp3) is 0.560. The van der Waals surface area contributed by atoms with E-state index in [-0.39, 0.29) is 11.3 Å². The summed E-state index contributed by atoms with van der Waals surface area (Å²) in [6, 6.07) is 4.02. The van der Waals surface area contributed by atoms with E-state index < -0.39 is 34.4 Å². The van der Waals surface area contributed by atoms with Crippen LogP contribution in [0.2, 0.25) is 0 Å². The molecule has 4 unspecified atom stereocenters. The van der Waals surface area contributed by atoms with E-state index in [4.69, 9.17) is 5.11 Å². The van der Waals surface area contributed by atoms with Gasteiger partial charge in [0.2, 0.25) is 0 Å². The third-order valence-corrected chi connectivity index (χ3v) is 7.51. The molecule has 0 spiro atoms. The van der Waals surface area contributed by atoms with Crippen molar-refractivity contribution in [2.24, 2.45) is 17.8 Å². The van der Waals surface area contributed by atoms with E-state index in [1.165, 1.54) is 44.2 Å². The summed E-state index contributed by atoms with van der Waals surface area (Å²) < 4.78 is 44.3. The number of carbonyl (C=O) groups is 1. The smallest absolute Gasteiger partial charge is 0.338 e. The summed E-state index contributed by atoms with van der Waals surface area (Å²) in [5.74, 6) is -3.03. The second-order valence-corrected chi connectivity index (χ2v) is 9.28. The average molecular weight is 418 g/mol. The topological polar surface area (TPSA) is 37.3 Å². The van der Waals surface area contributed by atoms with Crippen LogP contribution >= 0.6 is 0 Å². The van der Waals surface area contributed by atoms with Gasteiger partial charge in [-0.3, -0.25) is 0 Å². The number of carboxylic acids is 1. The molecule has 0 saturated heterocycles. The van der Waals surface area contributed by atoms with Crippen LogP contribution in [0.4, 0.5) is 13.2 Å². The molecule has 0 aromatic heterocycles. The van der Waals surface area contributed by atoms with Gasteiger partial charge in [-0.2, -0.15) is 0 Å². The lowest BCUT2D eigenvalue weighted by Crippen LogP contribution is -2.30. The standard InChI is InChI=1S/C25H29F3O2/c1-2-3-4-14-5-6-16-12-17(8-7-15(16)11-14)20-13-18-9-10-19(25(29)30)22(26)21(18)24(28)23(20)27/h9-10,13-17H,2-8,11-12H2,1H3,(H,29,30). The fourth-order valence-electron chi connectivity index (χ4n) is 5.89. The van der Waals surface area contributed by atoms with Crippen molar-refractivity contribution in [3.63, 3.8) is 0 Å². The molecular weight excluding hydrogens is 389 g/mol. The molecule has 4 rings (SSSR count). The van der Waals surface area contributed by atoms with Crippen LogP contribution in [0.25, 0.3) is 10.8 Å². The van der Waals surface area contributed by atoms with Crippen molar-refractivity contribution in [1.29, 1.82) is 0 Å². The molecular formula is C25H29F3O2. The molecule has 2 saturated carbocycles. The van der Waals surface area contributed by atoms with E-state index in [1.54, 1.807) is 0 Å². The maximum atomic E-state index is 15.0. The highest BCUT2D eigenvalue weighted by Crippen LogP contribution is 2.49. The van der Waals surface area contributed by atoms with Crippen LogP contribution in [0.5, 0.6) is 0 Å². The second kappa shape index (κ2) is 8.60. The fourth-order valence-corrected chi connectivity index (χ4v) is 5.89. The first-order valence-electron chi connectivity index (χ1n) is 11.2. The van der Waals surface area contributed by atoms with Gasteiger partial charge in [0.15, 0.2) is 11.6 Å². The summed E-state index contributed by atoms with van der Waals surface area (Å²) in [7, 11) is 0. The van der Waals surface area contributed by atoms with Gasteiger partial charge < -0.3 is 5.11 Å².